The summed E-state index contributed by atoms with van der Waals surface area (Å²) in [7, 11) is 0. The molecular weight excluding hydrogens is 260 g/mol. The van der Waals surface area contributed by atoms with Crippen LogP contribution in [-0.4, -0.2) is 28.0 Å². The molecule has 0 unspecified atom stereocenters. The monoisotopic (exact) mass is 288 g/mol. The number of hydrogen-bond acceptors (Lipinski definition) is 3. The first-order chi connectivity index (χ1) is 9.11. The van der Waals surface area contributed by atoms with Crippen LogP contribution in [0, 0.1) is 0 Å². The van der Waals surface area contributed by atoms with E-state index in [-0.39, 0.29) is 5.75 Å². The first kappa shape index (κ1) is 18.5. The van der Waals surface area contributed by atoms with Crippen LogP contribution in [0.15, 0.2) is 11.0 Å². The Balaban J connectivity index is 4.21. The van der Waals surface area contributed by atoms with Crippen LogP contribution in [0.25, 0.3) is 0 Å². The fourth-order valence-corrected chi connectivity index (χ4v) is 2.63. The van der Waals surface area contributed by atoms with Crippen LogP contribution in [0.5, 0.6) is 0 Å². The zero-order valence-electron chi connectivity index (χ0n) is 12.2. The Morgan fingerprint density at radius 2 is 1.84 bits per heavy atom. The van der Waals surface area contributed by atoms with Gasteiger partial charge in [-0.15, -0.1) is 11.8 Å². The second kappa shape index (κ2) is 12.5. The molecule has 0 aromatic rings. The molecule has 0 aliphatic carbocycles. The molecule has 0 radical (unpaired) electrons. The molecule has 0 saturated heterocycles. The summed E-state index contributed by atoms with van der Waals surface area (Å²) in [6.07, 6.45) is 9.99. The van der Waals surface area contributed by atoms with Crippen LogP contribution in [0.2, 0.25) is 0 Å². The Bertz CT molecular complexity index is 264. The van der Waals surface area contributed by atoms with Gasteiger partial charge < -0.3 is 10.2 Å². The Labute approximate surface area is 121 Å². The Morgan fingerprint density at radius 3 is 2.42 bits per heavy atom. The number of carboxylic acid groups (broad SMARTS) is 1. The summed E-state index contributed by atoms with van der Waals surface area (Å²) in [5, 5.41) is 18.8. The summed E-state index contributed by atoms with van der Waals surface area (Å²) in [6.45, 7) is 4.27. The van der Waals surface area contributed by atoms with E-state index in [4.69, 9.17) is 5.11 Å². The highest BCUT2D eigenvalue weighted by molar-refractivity contribution is 8.03. The lowest BCUT2D eigenvalue weighted by Crippen LogP contribution is -2.10. The summed E-state index contributed by atoms with van der Waals surface area (Å²) in [6, 6.07) is 0. The highest BCUT2D eigenvalue weighted by Crippen LogP contribution is 2.24. The van der Waals surface area contributed by atoms with Gasteiger partial charge in [0.2, 0.25) is 0 Å². The standard InChI is InChI=1S/C15H28O3S/c1-3-5-7-8-9-11-14(19-12-15(17)18)13(16)10-6-4-2/h11,13,16H,3-10,12H2,1-2H3,(H,17,18)/t13-/m1/s1. The highest BCUT2D eigenvalue weighted by atomic mass is 32.2. The highest BCUT2D eigenvalue weighted by Gasteiger charge is 2.12. The van der Waals surface area contributed by atoms with Crippen molar-refractivity contribution in [1.29, 1.82) is 0 Å². The fourth-order valence-electron chi connectivity index (χ4n) is 1.79. The maximum Gasteiger partial charge on any atom is 0.313 e. The van der Waals surface area contributed by atoms with Gasteiger partial charge in [-0.3, -0.25) is 4.79 Å². The number of aliphatic hydroxyl groups is 1. The maximum absolute atomic E-state index is 10.6. The van der Waals surface area contributed by atoms with Crippen LogP contribution in [0.1, 0.15) is 65.2 Å². The van der Waals surface area contributed by atoms with Gasteiger partial charge in [-0.2, -0.15) is 0 Å². The van der Waals surface area contributed by atoms with Gasteiger partial charge in [0, 0.05) is 4.91 Å². The molecule has 1 atom stereocenters. The maximum atomic E-state index is 10.6. The number of allylic oxidation sites excluding steroid dienone is 1. The lowest BCUT2D eigenvalue weighted by molar-refractivity contribution is -0.133. The summed E-state index contributed by atoms with van der Waals surface area (Å²) >= 11 is 1.26. The second-order valence-electron chi connectivity index (χ2n) is 4.80. The zero-order chi connectivity index (χ0) is 14.5. The van der Waals surface area contributed by atoms with E-state index < -0.39 is 12.1 Å². The molecule has 3 nitrogen and oxygen atoms in total. The van der Waals surface area contributed by atoms with E-state index in [0.717, 1.165) is 37.0 Å². The van der Waals surface area contributed by atoms with Crippen molar-refractivity contribution in [3.05, 3.63) is 11.0 Å². The molecule has 0 aliphatic rings. The molecule has 0 bridgehead atoms. The van der Waals surface area contributed by atoms with Crippen LogP contribution in [0.4, 0.5) is 0 Å². The summed E-state index contributed by atoms with van der Waals surface area (Å²) in [5.74, 6) is -0.797. The van der Waals surface area contributed by atoms with Crippen molar-refractivity contribution in [3.8, 4) is 0 Å². The Kier molecular flexibility index (Phi) is 12.2. The Morgan fingerprint density at radius 1 is 1.16 bits per heavy atom. The largest absolute Gasteiger partial charge is 0.481 e. The van der Waals surface area contributed by atoms with Gasteiger partial charge in [0.1, 0.15) is 0 Å². The van der Waals surface area contributed by atoms with Gasteiger partial charge in [-0.25, -0.2) is 0 Å². The third kappa shape index (κ3) is 11.1. The van der Waals surface area contributed by atoms with Gasteiger partial charge in [-0.1, -0.05) is 52.0 Å². The molecular formula is C15H28O3S. The van der Waals surface area contributed by atoms with Crippen molar-refractivity contribution in [3.63, 3.8) is 0 Å². The number of unbranched alkanes of at least 4 members (excludes halogenated alkanes) is 5. The lowest BCUT2D eigenvalue weighted by atomic mass is 10.1. The minimum Gasteiger partial charge on any atom is -0.481 e. The molecule has 0 aliphatic heterocycles. The van der Waals surface area contributed by atoms with E-state index in [1.165, 1.54) is 31.0 Å². The first-order valence-electron chi connectivity index (χ1n) is 7.34. The number of aliphatic carboxylic acids is 1. The van der Waals surface area contributed by atoms with Crippen LogP contribution in [0.3, 0.4) is 0 Å². The smallest absolute Gasteiger partial charge is 0.313 e. The van der Waals surface area contributed by atoms with Crippen molar-refractivity contribution in [2.45, 2.75) is 71.3 Å². The molecule has 0 amide bonds. The zero-order valence-corrected chi connectivity index (χ0v) is 13.0. The number of rotatable bonds is 12. The van der Waals surface area contributed by atoms with Crippen molar-refractivity contribution in [1.82, 2.24) is 0 Å². The van der Waals surface area contributed by atoms with Crippen molar-refractivity contribution >= 4 is 17.7 Å². The number of carboxylic acids is 1. The minimum absolute atomic E-state index is 0.0317. The third-order valence-corrected chi connectivity index (χ3v) is 4.09. The number of thioether (sulfide) groups is 1. The van der Waals surface area contributed by atoms with Crippen molar-refractivity contribution < 1.29 is 15.0 Å². The van der Waals surface area contributed by atoms with E-state index in [0.29, 0.717) is 0 Å². The van der Waals surface area contributed by atoms with Gasteiger partial charge in [0.05, 0.1) is 11.9 Å². The topological polar surface area (TPSA) is 57.5 Å². The SMILES string of the molecule is CCCCCCC=C(SCC(=O)O)[C@H](O)CCCC. The van der Waals surface area contributed by atoms with Crippen molar-refractivity contribution in [2.75, 3.05) is 5.75 Å². The molecule has 0 fully saturated rings. The van der Waals surface area contributed by atoms with Crippen LogP contribution >= 0.6 is 11.8 Å². The average molecular weight is 288 g/mol. The van der Waals surface area contributed by atoms with E-state index in [1.807, 2.05) is 6.08 Å². The van der Waals surface area contributed by atoms with Gasteiger partial charge in [0.15, 0.2) is 0 Å². The number of aliphatic hydroxyl groups excluding tert-OH is 1. The lowest BCUT2D eigenvalue weighted by Gasteiger charge is -2.13. The first-order valence-corrected chi connectivity index (χ1v) is 8.33. The summed E-state index contributed by atoms with van der Waals surface area (Å²) < 4.78 is 0. The third-order valence-electron chi connectivity index (χ3n) is 2.93. The minimum atomic E-state index is -0.829. The molecule has 19 heavy (non-hydrogen) atoms. The van der Waals surface area contributed by atoms with Gasteiger partial charge in [-0.05, 0) is 19.3 Å². The molecule has 0 heterocycles. The summed E-state index contributed by atoms with van der Waals surface area (Å²) in [5.41, 5.74) is 0. The molecule has 0 rings (SSSR count). The quantitative estimate of drug-likeness (QED) is 0.528. The fraction of sp³-hybridized carbons (Fsp3) is 0.800. The van der Waals surface area contributed by atoms with Gasteiger partial charge >= 0.3 is 5.97 Å². The van der Waals surface area contributed by atoms with E-state index in [1.54, 1.807) is 0 Å². The Hall–Kier alpha value is -0.480. The number of carbonyl (C=O) groups is 1. The van der Waals surface area contributed by atoms with E-state index in [9.17, 15) is 9.90 Å². The van der Waals surface area contributed by atoms with E-state index in [2.05, 4.69) is 13.8 Å². The van der Waals surface area contributed by atoms with E-state index >= 15 is 0 Å². The van der Waals surface area contributed by atoms with Crippen LogP contribution in [-0.2, 0) is 4.79 Å². The molecule has 0 saturated carbocycles. The average Bonchev–Trinajstić information content (AvgIpc) is 2.38. The predicted octanol–water partition coefficient (Wildman–Crippen LogP) is 4.21. The second-order valence-corrected chi connectivity index (χ2v) is 5.85. The molecule has 0 aromatic carbocycles. The van der Waals surface area contributed by atoms with Crippen LogP contribution < -0.4 is 0 Å². The molecule has 2 N–H and O–H groups in total. The van der Waals surface area contributed by atoms with Gasteiger partial charge in [0.25, 0.3) is 0 Å². The van der Waals surface area contributed by atoms with Crippen molar-refractivity contribution in [2.24, 2.45) is 0 Å². The normalized spacial score (nSPS) is 13.5. The predicted molar refractivity (Wildman–Crippen MR) is 82.5 cm³/mol. The molecule has 0 aromatic heterocycles. The molecule has 0 spiro atoms. The summed E-state index contributed by atoms with van der Waals surface area (Å²) in [4.78, 5) is 11.5. The molecule has 112 valence electrons. The molecule has 4 heteroatoms. The number of hydrogen-bond donors (Lipinski definition) is 2.